The van der Waals surface area contributed by atoms with Gasteiger partial charge in [0, 0.05) is 11.6 Å². The van der Waals surface area contributed by atoms with Crippen LogP contribution < -0.4 is 0 Å². The largest absolute Gasteiger partial charge is 0.292 e. The minimum Gasteiger partial charge on any atom is -0.292 e. The molecule has 0 saturated heterocycles. The molecule has 0 fully saturated rings. The zero-order valence-corrected chi connectivity index (χ0v) is 12.1. The molecule has 0 spiro atoms. The molecule has 0 saturated carbocycles. The van der Waals surface area contributed by atoms with Gasteiger partial charge in [-0.2, -0.15) is 0 Å². The monoisotopic (exact) mass is 269 g/mol. The Labute approximate surface area is 113 Å². The molecule has 0 amide bonds. The van der Waals surface area contributed by atoms with Crippen molar-refractivity contribution >= 4 is 5.78 Å². The second-order valence-electron chi connectivity index (χ2n) is 5.44. The van der Waals surface area contributed by atoms with E-state index in [0.29, 0.717) is 0 Å². The number of carbonyl (C=O) groups excluding carboxylic acids is 1. The fourth-order valence-electron chi connectivity index (χ4n) is 1.86. The molecule has 19 heavy (non-hydrogen) atoms. The van der Waals surface area contributed by atoms with Crippen LogP contribution in [0.2, 0.25) is 0 Å². The topological polar surface area (TPSA) is 20.3 Å². The number of Topliss-reactive ketones (excluding diaryl/α,β-unsaturated/α-hetero) is 1. The molecule has 2 nitrogen and oxygen atoms in total. The Hall–Kier alpha value is -1.29. The number of halogens is 2. The van der Waals surface area contributed by atoms with Gasteiger partial charge in [0.1, 0.15) is 11.6 Å². The quantitative estimate of drug-likeness (QED) is 0.760. The van der Waals surface area contributed by atoms with Crippen molar-refractivity contribution in [3.05, 3.63) is 35.4 Å². The summed E-state index contributed by atoms with van der Waals surface area (Å²) in [6.07, 6.45) is 0.868. The molecule has 0 aliphatic heterocycles. The van der Waals surface area contributed by atoms with Crippen LogP contribution in [0.5, 0.6) is 0 Å². The van der Waals surface area contributed by atoms with Crippen LogP contribution in [0.1, 0.15) is 44.5 Å². The summed E-state index contributed by atoms with van der Waals surface area (Å²) < 4.78 is 26.5. The van der Waals surface area contributed by atoms with E-state index in [2.05, 4.69) is 0 Å². The van der Waals surface area contributed by atoms with Gasteiger partial charge in [0.25, 0.3) is 0 Å². The van der Waals surface area contributed by atoms with E-state index < -0.39 is 17.7 Å². The van der Waals surface area contributed by atoms with E-state index in [1.54, 1.807) is 6.92 Å². The summed E-state index contributed by atoms with van der Waals surface area (Å²) in [6, 6.07) is 2.59. The lowest BCUT2D eigenvalue weighted by Gasteiger charge is -2.38. The summed E-state index contributed by atoms with van der Waals surface area (Å²) >= 11 is 0. The maximum Gasteiger partial charge on any atom is 0.182 e. The molecule has 1 aromatic carbocycles. The predicted octanol–water partition coefficient (Wildman–Crippen LogP) is 3.66. The van der Waals surface area contributed by atoms with Crippen molar-refractivity contribution in [2.75, 3.05) is 7.05 Å². The number of likely N-dealkylation sites (N-methyl/N-ethyl adjacent to an activating group) is 1. The van der Waals surface area contributed by atoms with Crippen LogP contribution in [0.3, 0.4) is 0 Å². The van der Waals surface area contributed by atoms with Crippen LogP contribution >= 0.6 is 0 Å². The van der Waals surface area contributed by atoms with Crippen molar-refractivity contribution in [1.29, 1.82) is 0 Å². The fraction of sp³-hybridized carbons (Fsp3) is 0.533. The van der Waals surface area contributed by atoms with Crippen molar-refractivity contribution in [2.45, 2.75) is 45.7 Å². The maximum absolute atomic E-state index is 13.6. The summed E-state index contributed by atoms with van der Waals surface area (Å²) in [5.41, 5.74) is -0.223. The lowest BCUT2D eigenvalue weighted by atomic mass is 9.95. The van der Waals surface area contributed by atoms with E-state index >= 15 is 0 Å². The molecule has 0 N–H and O–H groups in total. The summed E-state index contributed by atoms with van der Waals surface area (Å²) in [5.74, 6) is -1.81. The lowest BCUT2D eigenvalue weighted by molar-refractivity contribution is 0.0673. The fourth-order valence-corrected chi connectivity index (χ4v) is 1.86. The highest BCUT2D eigenvalue weighted by Gasteiger charge is 2.30. The Kier molecular flexibility index (Phi) is 4.80. The van der Waals surface area contributed by atoms with E-state index in [0.717, 1.165) is 18.6 Å². The van der Waals surface area contributed by atoms with Crippen LogP contribution in [-0.2, 0) is 0 Å². The van der Waals surface area contributed by atoms with Crippen LogP contribution in [0.4, 0.5) is 8.78 Å². The van der Waals surface area contributed by atoms with Gasteiger partial charge in [-0.25, -0.2) is 8.78 Å². The minimum absolute atomic E-state index is 0.0624. The third-order valence-corrected chi connectivity index (χ3v) is 3.98. The number of ketones is 1. The normalized spacial score (nSPS) is 13.7. The molecule has 1 unspecified atom stereocenters. The summed E-state index contributed by atoms with van der Waals surface area (Å²) in [4.78, 5) is 14.2. The maximum atomic E-state index is 13.6. The summed E-state index contributed by atoms with van der Waals surface area (Å²) in [7, 11) is 1.84. The van der Waals surface area contributed by atoms with Gasteiger partial charge in [0.2, 0.25) is 0 Å². The molecule has 1 rings (SSSR count). The zero-order valence-electron chi connectivity index (χ0n) is 12.1. The Morgan fingerprint density at radius 2 is 1.95 bits per heavy atom. The highest BCUT2D eigenvalue weighted by Crippen LogP contribution is 2.22. The Morgan fingerprint density at radius 3 is 2.42 bits per heavy atom. The average Bonchev–Trinajstić information content (AvgIpc) is 2.36. The van der Waals surface area contributed by atoms with Gasteiger partial charge >= 0.3 is 0 Å². The first-order valence-corrected chi connectivity index (χ1v) is 6.43. The molecular formula is C15H21F2NO. The average molecular weight is 269 g/mol. The second-order valence-corrected chi connectivity index (χ2v) is 5.44. The van der Waals surface area contributed by atoms with Gasteiger partial charge in [0.15, 0.2) is 5.78 Å². The Balaban J connectivity index is 3.00. The highest BCUT2D eigenvalue weighted by atomic mass is 19.1. The van der Waals surface area contributed by atoms with Gasteiger partial charge in [-0.3, -0.25) is 9.69 Å². The van der Waals surface area contributed by atoms with Crippen LogP contribution in [-0.4, -0.2) is 29.3 Å². The second kappa shape index (κ2) is 5.78. The molecule has 0 bridgehead atoms. The number of rotatable bonds is 5. The van der Waals surface area contributed by atoms with Crippen molar-refractivity contribution in [3.8, 4) is 0 Å². The lowest BCUT2D eigenvalue weighted by Crippen LogP contribution is -2.49. The third kappa shape index (κ3) is 3.38. The van der Waals surface area contributed by atoms with E-state index in [-0.39, 0.29) is 16.9 Å². The van der Waals surface area contributed by atoms with Crippen molar-refractivity contribution in [3.63, 3.8) is 0 Å². The van der Waals surface area contributed by atoms with Crippen molar-refractivity contribution in [1.82, 2.24) is 4.90 Å². The van der Waals surface area contributed by atoms with Crippen LogP contribution in [0, 0.1) is 11.6 Å². The smallest absolute Gasteiger partial charge is 0.182 e. The molecule has 106 valence electrons. The Bertz CT molecular complexity index is 471. The number of hydrogen-bond acceptors (Lipinski definition) is 2. The molecular weight excluding hydrogens is 248 g/mol. The molecule has 0 aliphatic carbocycles. The third-order valence-electron chi connectivity index (χ3n) is 3.98. The molecule has 0 aliphatic rings. The number of carbonyl (C=O) groups is 1. The van der Waals surface area contributed by atoms with E-state index in [1.165, 1.54) is 6.07 Å². The summed E-state index contributed by atoms with van der Waals surface area (Å²) in [5, 5.41) is 0. The molecule has 1 atom stereocenters. The van der Waals surface area contributed by atoms with Gasteiger partial charge in [-0.1, -0.05) is 6.92 Å². The van der Waals surface area contributed by atoms with E-state index in [9.17, 15) is 13.6 Å². The predicted molar refractivity (Wildman–Crippen MR) is 72.3 cm³/mol. The molecule has 0 aromatic heterocycles. The number of hydrogen-bond donors (Lipinski definition) is 0. The van der Waals surface area contributed by atoms with Crippen molar-refractivity contribution < 1.29 is 13.6 Å². The van der Waals surface area contributed by atoms with Gasteiger partial charge in [0.05, 0.1) is 11.6 Å². The SMILES string of the molecule is CCC(C)(C)N(C)C(C)C(=O)c1ccc(F)cc1F. The minimum atomic E-state index is -0.806. The first-order valence-electron chi connectivity index (χ1n) is 6.43. The van der Waals surface area contributed by atoms with Gasteiger partial charge in [-0.05, 0) is 46.4 Å². The van der Waals surface area contributed by atoms with E-state index in [4.69, 9.17) is 0 Å². The van der Waals surface area contributed by atoms with Crippen LogP contribution in [0.15, 0.2) is 18.2 Å². The van der Waals surface area contributed by atoms with Gasteiger partial charge in [-0.15, -0.1) is 0 Å². The molecule has 0 heterocycles. The zero-order chi connectivity index (χ0) is 14.8. The number of nitrogens with zero attached hydrogens (tertiary/aromatic N) is 1. The molecule has 0 radical (unpaired) electrons. The first-order chi connectivity index (χ1) is 8.70. The summed E-state index contributed by atoms with van der Waals surface area (Å²) in [6.45, 7) is 7.82. The standard InChI is InChI=1S/C15H21F2NO/c1-6-15(3,4)18(5)10(2)14(19)12-8-7-11(16)9-13(12)17/h7-10H,6H2,1-5H3. The number of benzene rings is 1. The molecule has 1 aromatic rings. The van der Waals surface area contributed by atoms with E-state index in [1.807, 2.05) is 32.7 Å². The van der Waals surface area contributed by atoms with Crippen molar-refractivity contribution in [2.24, 2.45) is 0 Å². The van der Waals surface area contributed by atoms with Crippen LogP contribution in [0.25, 0.3) is 0 Å². The highest BCUT2D eigenvalue weighted by molar-refractivity contribution is 6.00. The first kappa shape index (κ1) is 15.8. The molecule has 4 heteroatoms. The van der Waals surface area contributed by atoms with Gasteiger partial charge < -0.3 is 0 Å². The Morgan fingerprint density at radius 1 is 1.37 bits per heavy atom.